The molecule has 1 atom stereocenters. The maximum absolute atomic E-state index is 11.7. The first-order valence-electron chi connectivity index (χ1n) is 7.49. The molecule has 1 unspecified atom stereocenters. The highest BCUT2D eigenvalue weighted by atomic mass is 16.2. The summed E-state index contributed by atoms with van der Waals surface area (Å²) in [6, 6.07) is 0.701. The summed E-state index contributed by atoms with van der Waals surface area (Å²) in [5, 5.41) is 0. The van der Waals surface area contributed by atoms with Crippen LogP contribution in [-0.4, -0.2) is 33.4 Å². The van der Waals surface area contributed by atoms with Crippen molar-refractivity contribution in [3.05, 3.63) is 17.7 Å². The lowest BCUT2D eigenvalue weighted by Crippen LogP contribution is -2.28. The number of imidazole rings is 1. The second kappa shape index (κ2) is 4.99. The molecule has 104 valence electrons. The molecule has 0 radical (unpaired) electrons. The number of carbonyl (C=O) groups excluding carboxylic acids is 1. The summed E-state index contributed by atoms with van der Waals surface area (Å²) in [4.78, 5) is 18.3. The van der Waals surface area contributed by atoms with Gasteiger partial charge in [0, 0.05) is 43.9 Å². The highest BCUT2D eigenvalue weighted by molar-refractivity contribution is 5.76. The minimum absolute atomic E-state index is 0.296. The van der Waals surface area contributed by atoms with Gasteiger partial charge < -0.3 is 9.47 Å². The summed E-state index contributed by atoms with van der Waals surface area (Å²) in [6.45, 7) is 5.94. The molecule has 1 aliphatic carbocycles. The van der Waals surface area contributed by atoms with Crippen LogP contribution in [0.15, 0.2) is 6.20 Å². The van der Waals surface area contributed by atoms with Gasteiger partial charge in [-0.25, -0.2) is 4.98 Å². The molecule has 3 rings (SSSR count). The molecule has 0 spiro atoms. The average Bonchev–Trinajstić information content (AvgIpc) is 3.02. The number of hydrogen-bond acceptors (Lipinski definition) is 2. The first-order chi connectivity index (χ1) is 9.19. The second-order valence-electron chi connectivity index (χ2n) is 5.97. The molecular formula is C15H23N3O. The summed E-state index contributed by atoms with van der Waals surface area (Å²) in [7, 11) is 0. The third-order valence-corrected chi connectivity index (χ3v) is 4.38. The fourth-order valence-corrected chi connectivity index (χ4v) is 3.19. The SMILES string of the molecule is CCC(=O)N1CCC(Cc2ncc(C)n2C2CC2)C1. The van der Waals surface area contributed by atoms with Gasteiger partial charge >= 0.3 is 0 Å². The summed E-state index contributed by atoms with van der Waals surface area (Å²) < 4.78 is 2.42. The highest BCUT2D eigenvalue weighted by Gasteiger charge is 2.30. The van der Waals surface area contributed by atoms with Gasteiger partial charge in [-0.3, -0.25) is 4.79 Å². The smallest absolute Gasteiger partial charge is 0.222 e. The van der Waals surface area contributed by atoms with Crippen molar-refractivity contribution in [2.75, 3.05) is 13.1 Å². The van der Waals surface area contributed by atoms with E-state index in [1.807, 2.05) is 18.0 Å². The molecule has 4 nitrogen and oxygen atoms in total. The van der Waals surface area contributed by atoms with Gasteiger partial charge in [-0.05, 0) is 32.1 Å². The van der Waals surface area contributed by atoms with Gasteiger partial charge in [-0.1, -0.05) is 6.92 Å². The Balaban J connectivity index is 1.65. The topological polar surface area (TPSA) is 38.1 Å². The number of nitrogens with zero attached hydrogens (tertiary/aromatic N) is 3. The van der Waals surface area contributed by atoms with E-state index in [0.717, 1.165) is 25.9 Å². The highest BCUT2D eigenvalue weighted by Crippen LogP contribution is 2.37. The Morgan fingerprint density at radius 2 is 2.21 bits per heavy atom. The van der Waals surface area contributed by atoms with Crippen LogP contribution in [0.4, 0.5) is 0 Å². The zero-order valence-corrected chi connectivity index (χ0v) is 11.9. The van der Waals surface area contributed by atoms with Gasteiger partial charge in [0.2, 0.25) is 5.91 Å². The normalized spacial score (nSPS) is 23.1. The van der Waals surface area contributed by atoms with Crippen LogP contribution < -0.4 is 0 Å². The van der Waals surface area contributed by atoms with Crippen molar-refractivity contribution >= 4 is 5.91 Å². The van der Waals surface area contributed by atoms with Crippen LogP contribution in [0.5, 0.6) is 0 Å². The van der Waals surface area contributed by atoms with E-state index >= 15 is 0 Å². The van der Waals surface area contributed by atoms with Crippen molar-refractivity contribution in [1.82, 2.24) is 14.5 Å². The molecule has 2 aliphatic rings. The van der Waals surface area contributed by atoms with Crippen molar-refractivity contribution in [3.63, 3.8) is 0 Å². The van der Waals surface area contributed by atoms with E-state index in [0.29, 0.717) is 24.3 Å². The Morgan fingerprint density at radius 3 is 2.89 bits per heavy atom. The molecule has 1 aromatic heterocycles. The lowest BCUT2D eigenvalue weighted by atomic mass is 10.0. The largest absolute Gasteiger partial charge is 0.342 e. The van der Waals surface area contributed by atoms with Crippen LogP contribution in [0.1, 0.15) is 50.2 Å². The molecule has 1 amide bonds. The maximum Gasteiger partial charge on any atom is 0.222 e. The Bertz CT molecular complexity index is 476. The molecule has 19 heavy (non-hydrogen) atoms. The van der Waals surface area contributed by atoms with E-state index < -0.39 is 0 Å². The predicted molar refractivity (Wildman–Crippen MR) is 73.9 cm³/mol. The molecule has 0 aromatic carbocycles. The van der Waals surface area contributed by atoms with Crippen LogP contribution in [-0.2, 0) is 11.2 Å². The lowest BCUT2D eigenvalue weighted by molar-refractivity contribution is -0.129. The molecule has 0 bridgehead atoms. The molecule has 2 heterocycles. The van der Waals surface area contributed by atoms with E-state index in [4.69, 9.17) is 0 Å². The van der Waals surface area contributed by atoms with Crippen molar-refractivity contribution < 1.29 is 4.79 Å². The zero-order chi connectivity index (χ0) is 13.4. The van der Waals surface area contributed by atoms with Gasteiger partial charge in [-0.2, -0.15) is 0 Å². The molecule has 2 fully saturated rings. The number of rotatable bonds is 4. The Morgan fingerprint density at radius 1 is 1.42 bits per heavy atom. The van der Waals surface area contributed by atoms with Crippen molar-refractivity contribution in [2.45, 2.75) is 52.0 Å². The van der Waals surface area contributed by atoms with E-state index in [-0.39, 0.29) is 0 Å². The molecule has 1 saturated heterocycles. The summed E-state index contributed by atoms with van der Waals surface area (Å²) in [6.07, 6.45) is 7.38. The number of likely N-dealkylation sites (tertiary alicyclic amines) is 1. The second-order valence-corrected chi connectivity index (χ2v) is 5.97. The van der Waals surface area contributed by atoms with Crippen LogP contribution >= 0.6 is 0 Å². The standard InChI is InChI=1S/C15H23N3O/c1-3-15(19)17-7-6-12(10-17)8-14-16-9-11(2)18(14)13-4-5-13/h9,12-13H,3-8,10H2,1-2H3. The van der Waals surface area contributed by atoms with Crippen LogP contribution in [0.25, 0.3) is 0 Å². The molecule has 1 aromatic rings. The van der Waals surface area contributed by atoms with Crippen molar-refractivity contribution in [1.29, 1.82) is 0 Å². The Labute approximate surface area is 114 Å². The number of aromatic nitrogens is 2. The lowest BCUT2D eigenvalue weighted by Gasteiger charge is -2.16. The minimum Gasteiger partial charge on any atom is -0.342 e. The van der Waals surface area contributed by atoms with E-state index in [2.05, 4.69) is 16.5 Å². The van der Waals surface area contributed by atoms with Crippen molar-refractivity contribution in [2.24, 2.45) is 5.92 Å². The predicted octanol–water partition coefficient (Wildman–Crippen LogP) is 2.33. The Kier molecular flexibility index (Phi) is 3.33. The van der Waals surface area contributed by atoms with E-state index in [1.54, 1.807) is 0 Å². The first-order valence-corrected chi connectivity index (χ1v) is 7.49. The first kappa shape index (κ1) is 12.7. The Hall–Kier alpha value is -1.32. The van der Waals surface area contributed by atoms with Gasteiger partial charge in [0.05, 0.1) is 0 Å². The van der Waals surface area contributed by atoms with Crippen LogP contribution in [0.3, 0.4) is 0 Å². The van der Waals surface area contributed by atoms with Crippen LogP contribution in [0, 0.1) is 12.8 Å². The third kappa shape index (κ3) is 2.53. The number of hydrogen-bond donors (Lipinski definition) is 0. The van der Waals surface area contributed by atoms with Gasteiger partial charge in [0.15, 0.2) is 0 Å². The fourth-order valence-electron chi connectivity index (χ4n) is 3.19. The van der Waals surface area contributed by atoms with Gasteiger partial charge in [0.1, 0.15) is 5.82 Å². The molecule has 1 saturated carbocycles. The number of carbonyl (C=O) groups is 1. The van der Waals surface area contributed by atoms with Gasteiger partial charge in [0.25, 0.3) is 0 Å². The minimum atomic E-state index is 0.296. The summed E-state index contributed by atoms with van der Waals surface area (Å²) in [5.41, 5.74) is 1.29. The average molecular weight is 261 g/mol. The molecular weight excluding hydrogens is 238 g/mol. The summed E-state index contributed by atoms with van der Waals surface area (Å²) in [5.74, 6) is 2.12. The number of amides is 1. The quantitative estimate of drug-likeness (QED) is 0.834. The molecule has 4 heteroatoms. The van der Waals surface area contributed by atoms with Crippen LogP contribution in [0.2, 0.25) is 0 Å². The molecule has 0 N–H and O–H groups in total. The molecule has 1 aliphatic heterocycles. The van der Waals surface area contributed by atoms with Crippen molar-refractivity contribution in [3.8, 4) is 0 Å². The fraction of sp³-hybridized carbons (Fsp3) is 0.733. The van der Waals surface area contributed by atoms with E-state index in [1.165, 1.54) is 24.4 Å². The van der Waals surface area contributed by atoms with E-state index in [9.17, 15) is 4.79 Å². The monoisotopic (exact) mass is 261 g/mol. The number of aryl methyl sites for hydroxylation is 1. The third-order valence-electron chi connectivity index (χ3n) is 4.38. The zero-order valence-electron chi connectivity index (χ0n) is 11.9. The summed E-state index contributed by atoms with van der Waals surface area (Å²) >= 11 is 0. The maximum atomic E-state index is 11.7. The van der Waals surface area contributed by atoms with Gasteiger partial charge in [-0.15, -0.1) is 0 Å².